The molecule has 0 nitrogen and oxygen atoms in total. The maximum atomic E-state index is 2.24. The van der Waals surface area contributed by atoms with Crippen molar-refractivity contribution in [3.63, 3.8) is 0 Å². The van der Waals surface area contributed by atoms with Gasteiger partial charge in [-0.15, -0.1) is 24.8 Å². The molecule has 0 amide bonds. The molecule has 8 heavy (non-hydrogen) atoms. The summed E-state index contributed by atoms with van der Waals surface area (Å²) >= 11 is 1.86. The Morgan fingerprint density at radius 2 is 1.62 bits per heavy atom. The first-order chi connectivity index (χ1) is 2.91. The van der Waals surface area contributed by atoms with Gasteiger partial charge in [0, 0.05) is 0 Å². The predicted molar refractivity (Wildman–Crippen MR) is 44.6 cm³/mol. The Bertz CT molecular complexity index is 22.4. The van der Waals surface area contributed by atoms with Crippen molar-refractivity contribution in [2.24, 2.45) is 0 Å². The van der Waals surface area contributed by atoms with Gasteiger partial charge >= 0.3 is 49.8 Å². The third-order valence-electron chi connectivity index (χ3n) is 0.808. The zero-order valence-corrected chi connectivity index (χ0v) is 9.28. The minimum atomic E-state index is 0. The molecular formula is C5H13Cl2Ga. The van der Waals surface area contributed by atoms with Crippen LogP contribution in [-0.4, -0.2) is 18.6 Å². The molecule has 0 unspecified atom stereocenters. The fourth-order valence-electron chi connectivity index (χ4n) is 0.394. The smallest absolute Gasteiger partial charge is 0.147 e. The number of rotatable bonds is 3. The molecular weight excluding hydrogens is 201 g/mol. The molecule has 0 heterocycles. The van der Waals surface area contributed by atoms with E-state index in [4.69, 9.17) is 0 Å². The molecule has 0 atom stereocenters. The summed E-state index contributed by atoms with van der Waals surface area (Å²) in [5.41, 5.74) is 0. The second kappa shape index (κ2) is 15.7. The second-order valence-electron chi connectivity index (χ2n) is 1.50. The Labute approximate surface area is 74.5 Å². The van der Waals surface area contributed by atoms with E-state index >= 15 is 0 Å². The third kappa shape index (κ3) is 15.7. The zero-order valence-electron chi connectivity index (χ0n) is 5.22. The molecule has 0 rings (SSSR count). The van der Waals surface area contributed by atoms with Crippen LogP contribution in [0.5, 0.6) is 0 Å². The van der Waals surface area contributed by atoms with Crippen LogP contribution in [-0.2, 0) is 0 Å². The van der Waals surface area contributed by atoms with Crippen molar-refractivity contribution in [1.29, 1.82) is 0 Å². The number of hydrogen-bond acceptors (Lipinski definition) is 0. The van der Waals surface area contributed by atoms with E-state index in [9.17, 15) is 0 Å². The van der Waals surface area contributed by atoms with Crippen molar-refractivity contribution in [2.45, 2.75) is 31.2 Å². The van der Waals surface area contributed by atoms with Crippen LogP contribution in [0.1, 0.15) is 26.2 Å². The van der Waals surface area contributed by atoms with Gasteiger partial charge in [0.25, 0.3) is 0 Å². The molecule has 0 saturated carbocycles. The van der Waals surface area contributed by atoms with E-state index in [1.165, 1.54) is 24.2 Å². The first-order valence-electron chi connectivity index (χ1n) is 2.62. The van der Waals surface area contributed by atoms with Crippen LogP contribution in [0.15, 0.2) is 0 Å². The van der Waals surface area contributed by atoms with Crippen LogP contribution in [0.3, 0.4) is 0 Å². The van der Waals surface area contributed by atoms with Gasteiger partial charge in [0.2, 0.25) is 0 Å². The molecule has 0 aromatic heterocycles. The van der Waals surface area contributed by atoms with Crippen molar-refractivity contribution in [3.8, 4) is 0 Å². The van der Waals surface area contributed by atoms with E-state index in [-0.39, 0.29) is 24.8 Å². The van der Waals surface area contributed by atoms with Crippen LogP contribution in [0.4, 0.5) is 0 Å². The third-order valence-corrected chi connectivity index (χ3v) is 1.66. The molecule has 0 spiro atoms. The standard InChI is InChI=1S/C5H11.2ClH.Ga/c1-3-5-4-2;;;/h1,3-5H2,2H3;2*1H;. The maximum Gasteiger partial charge on any atom is -0.147 e. The summed E-state index contributed by atoms with van der Waals surface area (Å²) in [5, 5.41) is 0. The Balaban J connectivity index is -0.000000125. The van der Waals surface area contributed by atoms with Gasteiger partial charge in [-0.25, -0.2) is 0 Å². The second-order valence-corrected chi connectivity index (χ2v) is 2.71. The van der Waals surface area contributed by atoms with Crippen LogP contribution in [0.2, 0.25) is 4.98 Å². The summed E-state index contributed by atoms with van der Waals surface area (Å²) in [7, 11) is 0. The van der Waals surface area contributed by atoms with Gasteiger partial charge in [0.05, 0.1) is 0 Å². The Kier molecular flexibility index (Phi) is 31.6. The predicted octanol–water partition coefficient (Wildman–Crippen LogP) is 2.61. The minimum absolute atomic E-state index is 0. The van der Waals surface area contributed by atoms with Gasteiger partial charge in [-0.3, -0.25) is 0 Å². The summed E-state index contributed by atoms with van der Waals surface area (Å²) in [6.07, 6.45) is 4.23. The van der Waals surface area contributed by atoms with Gasteiger partial charge < -0.3 is 0 Å². The van der Waals surface area contributed by atoms with E-state index in [0.29, 0.717) is 0 Å². The number of unbranched alkanes of at least 4 members (excludes halogenated alkanes) is 2. The molecule has 0 aliphatic heterocycles. The molecule has 0 fully saturated rings. The molecule has 0 bridgehead atoms. The fraction of sp³-hybridized carbons (Fsp3) is 1.00. The normalized spacial score (nSPS) is 6.62. The molecule has 3 heteroatoms. The van der Waals surface area contributed by atoms with E-state index in [0.717, 1.165) is 0 Å². The summed E-state index contributed by atoms with van der Waals surface area (Å²) in [5.74, 6) is 0. The van der Waals surface area contributed by atoms with E-state index < -0.39 is 0 Å². The Morgan fingerprint density at radius 3 is 1.75 bits per heavy atom. The first-order valence-corrected chi connectivity index (χ1v) is 4.33. The molecule has 0 aromatic carbocycles. The molecule has 0 aliphatic carbocycles. The molecule has 0 N–H and O–H groups in total. The van der Waals surface area contributed by atoms with Gasteiger partial charge in [-0.1, -0.05) is 0 Å². The van der Waals surface area contributed by atoms with Gasteiger partial charge in [0.15, 0.2) is 0 Å². The summed E-state index contributed by atoms with van der Waals surface area (Å²) in [4.78, 5) is 1.42. The Morgan fingerprint density at radius 1 is 1.12 bits per heavy atom. The summed E-state index contributed by atoms with van der Waals surface area (Å²) < 4.78 is 0. The van der Waals surface area contributed by atoms with Crippen molar-refractivity contribution in [1.82, 2.24) is 0 Å². The molecule has 0 aliphatic rings. The SMILES string of the molecule is CCCC[CH2][Ga].Cl.Cl. The Hall–Kier alpha value is 1.22. The number of hydrogen-bond donors (Lipinski definition) is 0. The van der Waals surface area contributed by atoms with Crippen molar-refractivity contribution in [2.75, 3.05) is 0 Å². The van der Waals surface area contributed by atoms with Gasteiger partial charge in [0.1, 0.15) is 0 Å². The summed E-state index contributed by atoms with van der Waals surface area (Å²) in [6.45, 7) is 2.24. The van der Waals surface area contributed by atoms with Crippen LogP contribution in [0.25, 0.3) is 0 Å². The molecule has 0 saturated heterocycles. The molecule has 0 aromatic rings. The molecule has 50 valence electrons. The fourth-order valence-corrected chi connectivity index (χ4v) is 1.000. The van der Waals surface area contributed by atoms with Crippen LogP contribution in [0, 0.1) is 0 Å². The largest absolute Gasteiger partial charge is 0.147 e. The summed E-state index contributed by atoms with van der Waals surface area (Å²) in [6, 6.07) is 0. The maximum absolute atomic E-state index is 2.24. The van der Waals surface area contributed by atoms with E-state index in [1.807, 2.05) is 18.6 Å². The van der Waals surface area contributed by atoms with E-state index in [2.05, 4.69) is 6.92 Å². The average molecular weight is 214 g/mol. The quantitative estimate of drug-likeness (QED) is 0.500. The van der Waals surface area contributed by atoms with Crippen LogP contribution < -0.4 is 0 Å². The average Bonchev–Trinajstić information content (AvgIpc) is 1.61. The van der Waals surface area contributed by atoms with Gasteiger partial charge in [-0.05, 0) is 0 Å². The number of halogens is 2. The van der Waals surface area contributed by atoms with E-state index in [1.54, 1.807) is 0 Å². The van der Waals surface area contributed by atoms with Crippen LogP contribution >= 0.6 is 24.8 Å². The first kappa shape index (κ1) is 16.1. The molecule has 2 radical (unpaired) electrons. The van der Waals surface area contributed by atoms with Crippen molar-refractivity contribution in [3.05, 3.63) is 0 Å². The monoisotopic (exact) mass is 212 g/mol. The van der Waals surface area contributed by atoms with Crippen molar-refractivity contribution < 1.29 is 0 Å². The van der Waals surface area contributed by atoms with Gasteiger partial charge in [-0.2, -0.15) is 0 Å². The zero-order chi connectivity index (χ0) is 4.83. The topological polar surface area (TPSA) is 0 Å². The van der Waals surface area contributed by atoms with Crippen molar-refractivity contribution >= 4 is 43.4 Å². The minimum Gasteiger partial charge on any atom is -0.147 e.